The van der Waals surface area contributed by atoms with Crippen molar-refractivity contribution in [3.05, 3.63) is 23.3 Å². The van der Waals surface area contributed by atoms with Crippen molar-refractivity contribution in [1.82, 2.24) is 20.0 Å². The van der Waals surface area contributed by atoms with Crippen molar-refractivity contribution >= 4 is 0 Å². The van der Waals surface area contributed by atoms with Crippen molar-refractivity contribution in [3.63, 3.8) is 0 Å². The van der Waals surface area contributed by atoms with Gasteiger partial charge in [-0.3, -0.25) is 0 Å². The summed E-state index contributed by atoms with van der Waals surface area (Å²) in [5, 5.41) is 7.34. The molecule has 5 nitrogen and oxygen atoms in total. The monoisotopic (exact) mass is 316 g/mol. The van der Waals surface area contributed by atoms with E-state index in [2.05, 4.69) is 46.9 Å². The van der Waals surface area contributed by atoms with Gasteiger partial charge in [0.1, 0.15) is 0 Å². The van der Waals surface area contributed by atoms with Crippen LogP contribution in [-0.2, 0) is 6.42 Å². The third-order valence-electron chi connectivity index (χ3n) is 5.10. The Morgan fingerprint density at radius 3 is 2.74 bits per heavy atom. The van der Waals surface area contributed by atoms with Gasteiger partial charge in [0.05, 0.1) is 5.56 Å². The van der Waals surface area contributed by atoms with E-state index in [-0.39, 0.29) is 0 Å². The van der Waals surface area contributed by atoms with Crippen LogP contribution in [-0.4, -0.2) is 27.8 Å². The first-order chi connectivity index (χ1) is 11.1. The van der Waals surface area contributed by atoms with Crippen LogP contribution in [0.4, 0.5) is 0 Å². The van der Waals surface area contributed by atoms with Crippen LogP contribution < -0.4 is 5.32 Å². The van der Waals surface area contributed by atoms with Gasteiger partial charge in [0.2, 0.25) is 0 Å². The molecule has 1 saturated carbocycles. The minimum Gasteiger partial charge on any atom is -0.345 e. The Balaban J connectivity index is 1.86. The number of hydrogen-bond donors (Lipinski definition) is 1. The number of nitrogens with one attached hydrogen (secondary N) is 1. The average molecular weight is 316 g/mol. The van der Waals surface area contributed by atoms with Crippen molar-refractivity contribution in [3.8, 4) is 11.5 Å². The van der Waals surface area contributed by atoms with Crippen LogP contribution in [0.3, 0.4) is 0 Å². The largest absolute Gasteiger partial charge is 0.345 e. The Morgan fingerprint density at radius 2 is 2.04 bits per heavy atom. The number of rotatable bonds is 5. The molecule has 126 valence electrons. The highest BCUT2D eigenvalue weighted by Crippen LogP contribution is 2.34. The fraction of sp³-hybridized carbons (Fsp3) is 0.667. The summed E-state index contributed by atoms with van der Waals surface area (Å²) in [7, 11) is 1.95. The van der Waals surface area contributed by atoms with Gasteiger partial charge in [0.25, 0.3) is 5.89 Å². The van der Waals surface area contributed by atoms with Gasteiger partial charge in [-0.05, 0) is 46.7 Å². The summed E-state index contributed by atoms with van der Waals surface area (Å²) in [5.41, 5.74) is 3.64. The van der Waals surface area contributed by atoms with Crippen LogP contribution >= 0.6 is 0 Å². The molecule has 0 radical (unpaired) electrons. The van der Waals surface area contributed by atoms with Gasteiger partial charge in [-0.15, -0.1) is 0 Å². The lowest BCUT2D eigenvalue weighted by Crippen LogP contribution is -2.24. The molecule has 1 unspecified atom stereocenters. The van der Waals surface area contributed by atoms with Crippen LogP contribution in [0.15, 0.2) is 10.6 Å². The smallest absolute Gasteiger partial charge is 0.259 e. The molecule has 0 aromatic carbocycles. The molecule has 2 aromatic heterocycles. The Morgan fingerprint density at radius 1 is 1.30 bits per heavy atom. The van der Waals surface area contributed by atoms with Crippen LogP contribution in [0.5, 0.6) is 0 Å². The Bertz CT molecular complexity index is 652. The topological polar surface area (TPSA) is 55.9 Å². The summed E-state index contributed by atoms with van der Waals surface area (Å²) in [5.74, 6) is 1.42. The molecule has 0 amide bonds. The summed E-state index contributed by atoms with van der Waals surface area (Å²) < 4.78 is 8.01. The van der Waals surface area contributed by atoms with E-state index in [0.717, 1.165) is 17.8 Å². The lowest BCUT2D eigenvalue weighted by Gasteiger charge is -2.26. The fourth-order valence-corrected chi connectivity index (χ4v) is 3.72. The van der Waals surface area contributed by atoms with Crippen molar-refractivity contribution in [2.24, 2.45) is 0 Å². The zero-order valence-corrected chi connectivity index (χ0v) is 14.7. The standard InChI is InChI=1S/C18H28N4O/c1-12(19-4)10-17-20-18(23-21-17)16-11-13(2)22(14(16)3)15-8-6-5-7-9-15/h11-12,15,19H,5-10H2,1-4H3. The molecule has 0 saturated heterocycles. The SMILES string of the molecule is CNC(C)Cc1noc(-c2cc(C)n(C3CCCCC3)c2C)n1. The summed E-state index contributed by atoms with van der Waals surface area (Å²) in [6.45, 7) is 6.48. The first-order valence-electron chi connectivity index (χ1n) is 8.78. The first kappa shape index (κ1) is 16.2. The lowest BCUT2D eigenvalue weighted by molar-refractivity contribution is 0.345. The summed E-state index contributed by atoms with van der Waals surface area (Å²) >= 11 is 0. The van der Waals surface area contributed by atoms with Crippen molar-refractivity contribution in [2.45, 2.75) is 71.4 Å². The van der Waals surface area contributed by atoms with Crippen molar-refractivity contribution < 1.29 is 4.52 Å². The third-order valence-corrected chi connectivity index (χ3v) is 5.10. The zero-order valence-electron chi connectivity index (χ0n) is 14.7. The molecular formula is C18H28N4O. The third kappa shape index (κ3) is 3.34. The predicted molar refractivity (Wildman–Crippen MR) is 91.5 cm³/mol. The molecule has 1 N–H and O–H groups in total. The predicted octanol–water partition coefficient (Wildman–Crippen LogP) is 3.81. The van der Waals surface area contributed by atoms with Gasteiger partial charge < -0.3 is 14.4 Å². The van der Waals surface area contributed by atoms with E-state index in [1.807, 2.05) is 7.05 Å². The second kappa shape index (κ2) is 6.87. The quantitative estimate of drug-likeness (QED) is 0.911. The summed E-state index contributed by atoms with van der Waals surface area (Å²) in [4.78, 5) is 4.60. The van der Waals surface area contributed by atoms with E-state index in [9.17, 15) is 0 Å². The number of nitrogens with zero attached hydrogens (tertiary/aromatic N) is 3. The maximum Gasteiger partial charge on any atom is 0.259 e. The second-order valence-electron chi connectivity index (χ2n) is 6.86. The number of aryl methyl sites for hydroxylation is 1. The number of hydrogen-bond acceptors (Lipinski definition) is 4. The molecule has 0 spiro atoms. The maximum absolute atomic E-state index is 5.53. The zero-order chi connectivity index (χ0) is 16.4. The lowest BCUT2D eigenvalue weighted by atomic mass is 9.95. The number of likely N-dealkylation sites (N-methyl/N-ethyl adjacent to an activating group) is 1. The molecule has 1 aliphatic rings. The van der Waals surface area contributed by atoms with Gasteiger partial charge in [-0.2, -0.15) is 4.98 Å². The molecule has 0 bridgehead atoms. The van der Waals surface area contributed by atoms with Crippen LogP contribution in [0.1, 0.15) is 62.3 Å². The maximum atomic E-state index is 5.53. The van der Waals surface area contributed by atoms with Gasteiger partial charge >= 0.3 is 0 Å². The highest BCUT2D eigenvalue weighted by molar-refractivity contribution is 5.58. The van der Waals surface area contributed by atoms with Gasteiger partial charge in [-0.25, -0.2) is 0 Å². The Hall–Kier alpha value is -1.62. The first-order valence-corrected chi connectivity index (χ1v) is 8.78. The van der Waals surface area contributed by atoms with Crippen molar-refractivity contribution in [1.29, 1.82) is 0 Å². The van der Waals surface area contributed by atoms with Gasteiger partial charge in [0.15, 0.2) is 5.82 Å². The van der Waals surface area contributed by atoms with Crippen LogP contribution in [0.2, 0.25) is 0 Å². The van der Waals surface area contributed by atoms with Crippen LogP contribution in [0, 0.1) is 13.8 Å². The molecule has 1 fully saturated rings. The summed E-state index contributed by atoms with van der Waals surface area (Å²) in [6.07, 6.45) is 7.39. The van der Waals surface area contributed by atoms with E-state index in [0.29, 0.717) is 18.0 Å². The molecule has 3 rings (SSSR count). The fourth-order valence-electron chi connectivity index (χ4n) is 3.72. The summed E-state index contributed by atoms with van der Waals surface area (Å²) in [6, 6.07) is 3.17. The highest BCUT2D eigenvalue weighted by Gasteiger charge is 2.23. The van der Waals surface area contributed by atoms with E-state index in [1.54, 1.807) is 0 Å². The molecule has 2 aromatic rings. The minimum atomic E-state index is 0.343. The van der Waals surface area contributed by atoms with E-state index < -0.39 is 0 Å². The molecule has 0 aliphatic heterocycles. The van der Waals surface area contributed by atoms with E-state index in [1.165, 1.54) is 43.5 Å². The highest BCUT2D eigenvalue weighted by atomic mass is 16.5. The Kier molecular flexibility index (Phi) is 4.85. The number of aromatic nitrogens is 3. The molecule has 1 atom stereocenters. The minimum absolute atomic E-state index is 0.343. The molecular weight excluding hydrogens is 288 g/mol. The normalized spacial score (nSPS) is 17.6. The molecule has 23 heavy (non-hydrogen) atoms. The van der Waals surface area contributed by atoms with Gasteiger partial charge in [-0.1, -0.05) is 24.4 Å². The molecule has 1 aliphatic carbocycles. The second-order valence-corrected chi connectivity index (χ2v) is 6.86. The average Bonchev–Trinajstić information content (AvgIpc) is 3.12. The van der Waals surface area contributed by atoms with Crippen molar-refractivity contribution in [2.75, 3.05) is 7.05 Å². The molecule has 5 heteroatoms. The van der Waals surface area contributed by atoms with E-state index >= 15 is 0 Å². The van der Waals surface area contributed by atoms with E-state index in [4.69, 9.17) is 4.52 Å². The Labute approximate surface area is 138 Å². The van der Waals surface area contributed by atoms with Crippen LogP contribution in [0.25, 0.3) is 11.5 Å². The molecule has 2 heterocycles. The van der Waals surface area contributed by atoms with Gasteiger partial charge in [0, 0.05) is 29.9 Å².